The molecule has 0 bridgehead atoms. The van der Waals surface area contributed by atoms with Gasteiger partial charge in [-0.25, -0.2) is 4.39 Å². The molecule has 2 aromatic rings. The number of β-amino-alcohol motifs (C(OH)–C–C–N with tert-alkyl or cyclic N) is 1. The molecule has 7 heteroatoms. The van der Waals surface area contributed by atoms with Crippen molar-refractivity contribution in [2.45, 2.75) is 6.04 Å². The van der Waals surface area contributed by atoms with Crippen LogP contribution in [0.5, 0.6) is 0 Å². The maximum atomic E-state index is 13.2. The maximum absolute atomic E-state index is 13.2. The number of aliphatic hydroxyl groups excluding tert-OH is 2. The summed E-state index contributed by atoms with van der Waals surface area (Å²) < 4.78 is 13.2. The molecular formula is C21H21FN2O4. The molecule has 1 aliphatic heterocycles. The second-order valence-electron chi connectivity index (χ2n) is 6.71. The van der Waals surface area contributed by atoms with Gasteiger partial charge in [-0.15, -0.1) is 0 Å². The molecule has 1 atom stereocenters. The monoisotopic (exact) mass is 384 g/mol. The lowest BCUT2D eigenvalue weighted by Crippen LogP contribution is -2.32. The molecule has 1 unspecified atom stereocenters. The van der Waals surface area contributed by atoms with E-state index in [0.717, 1.165) is 5.69 Å². The highest BCUT2D eigenvalue weighted by molar-refractivity contribution is 6.46. The van der Waals surface area contributed by atoms with Crippen molar-refractivity contribution in [3.8, 4) is 0 Å². The zero-order valence-corrected chi connectivity index (χ0v) is 15.6. The third-order valence-corrected chi connectivity index (χ3v) is 4.72. The molecule has 2 aromatic carbocycles. The predicted molar refractivity (Wildman–Crippen MR) is 103 cm³/mol. The Bertz CT molecular complexity index is 920. The zero-order chi connectivity index (χ0) is 20.4. The van der Waals surface area contributed by atoms with Crippen LogP contribution in [0.4, 0.5) is 10.1 Å². The first-order valence-corrected chi connectivity index (χ1v) is 8.77. The molecule has 0 aliphatic carbocycles. The number of anilines is 1. The van der Waals surface area contributed by atoms with Gasteiger partial charge in [-0.1, -0.05) is 12.1 Å². The molecule has 0 aromatic heterocycles. The topological polar surface area (TPSA) is 81.1 Å². The Balaban J connectivity index is 2.14. The largest absolute Gasteiger partial charge is 0.507 e. The average molecular weight is 384 g/mol. The average Bonchev–Trinajstić information content (AvgIpc) is 2.93. The van der Waals surface area contributed by atoms with E-state index in [-0.39, 0.29) is 30.0 Å². The van der Waals surface area contributed by atoms with Crippen LogP contribution in [-0.2, 0) is 9.59 Å². The van der Waals surface area contributed by atoms with Crippen LogP contribution < -0.4 is 4.90 Å². The lowest BCUT2D eigenvalue weighted by Gasteiger charge is -2.25. The molecule has 1 aliphatic rings. The normalized spacial score (nSPS) is 18.6. The molecule has 0 spiro atoms. The first kappa shape index (κ1) is 19.6. The summed E-state index contributed by atoms with van der Waals surface area (Å²) in [5.41, 5.74) is 1.71. The molecule has 1 fully saturated rings. The summed E-state index contributed by atoms with van der Waals surface area (Å²) in [6, 6.07) is 11.4. The van der Waals surface area contributed by atoms with E-state index in [1.54, 1.807) is 12.1 Å². The van der Waals surface area contributed by atoms with Crippen LogP contribution in [0.2, 0.25) is 0 Å². The Morgan fingerprint density at radius 1 is 1.07 bits per heavy atom. The van der Waals surface area contributed by atoms with Gasteiger partial charge in [-0.2, -0.15) is 0 Å². The van der Waals surface area contributed by atoms with E-state index in [1.807, 2.05) is 31.1 Å². The smallest absolute Gasteiger partial charge is 0.295 e. The van der Waals surface area contributed by atoms with Gasteiger partial charge in [0.25, 0.3) is 11.7 Å². The molecule has 1 amide bonds. The first-order valence-electron chi connectivity index (χ1n) is 8.77. The van der Waals surface area contributed by atoms with Gasteiger partial charge in [0.2, 0.25) is 0 Å². The van der Waals surface area contributed by atoms with Gasteiger partial charge in [0.05, 0.1) is 18.2 Å². The number of carbonyl (C=O) groups excluding carboxylic acids is 2. The fourth-order valence-corrected chi connectivity index (χ4v) is 3.28. The number of nitrogens with zero attached hydrogens (tertiary/aromatic N) is 2. The Hall–Kier alpha value is -3.19. The number of rotatable bonds is 5. The van der Waals surface area contributed by atoms with E-state index in [9.17, 15) is 24.2 Å². The fraction of sp³-hybridized carbons (Fsp3) is 0.238. The minimum Gasteiger partial charge on any atom is -0.507 e. The number of benzene rings is 2. The third kappa shape index (κ3) is 3.48. The van der Waals surface area contributed by atoms with Crippen LogP contribution in [0.25, 0.3) is 5.76 Å². The molecule has 146 valence electrons. The molecule has 0 radical (unpaired) electrons. The second-order valence-corrected chi connectivity index (χ2v) is 6.71. The number of likely N-dealkylation sites (tertiary alicyclic amines) is 1. The quantitative estimate of drug-likeness (QED) is 0.470. The van der Waals surface area contributed by atoms with Crippen molar-refractivity contribution in [1.82, 2.24) is 4.90 Å². The predicted octanol–water partition coefficient (Wildman–Crippen LogP) is 2.31. The molecule has 1 heterocycles. The van der Waals surface area contributed by atoms with E-state index < -0.39 is 23.5 Å². The molecule has 0 saturated carbocycles. The maximum Gasteiger partial charge on any atom is 0.295 e. The Labute approximate surface area is 162 Å². The number of hydrogen-bond donors (Lipinski definition) is 2. The van der Waals surface area contributed by atoms with Crippen LogP contribution in [0.1, 0.15) is 17.2 Å². The van der Waals surface area contributed by atoms with Gasteiger partial charge in [-0.3, -0.25) is 9.59 Å². The van der Waals surface area contributed by atoms with Crippen LogP contribution in [-0.4, -0.2) is 54.1 Å². The number of halogens is 1. The lowest BCUT2D eigenvalue weighted by molar-refractivity contribution is -0.140. The van der Waals surface area contributed by atoms with Crippen molar-refractivity contribution >= 4 is 23.1 Å². The summed E-state index contributed by atoms with van der Waals surface area (Å²) in [4.78, 5) is 28.3. The number of aliphatic hydroxyl groups is 2. The van der Waals surface area contributed by atoms with Gasteiger partial charge in [-0.05, 0) is 42.0 Å². The Kier molecular flexibility index (Phi) is 5.46. The van der Waals surface area contributed by atoms with Crippen molar-refractivity contribution in [2.24, 2.45) is 0 Å². The van der Waals surface area contributed by atoms with Crippen molar-refractivity contribution in [2.75, 3.05) is 32.1 Å². The van der Waals surface area contributed by atoms with Gasteiger partial charge < -0.3 is 20.0 Å². The van der Waals surface area contributed by atoms with Crippen LogP contribution in [0.15, 0.2) is 54.1 Å². The van der Waals surface area contributed by atoms with Gasteiger partial charge in [0, 0.05) is 31.9 Å². The summed E-state index contributed by atoms with van der Waals surface area (Å²) >= 11 is 0. The summed E-state index contributed by atoms with van der Waals surface area (Å²) in [6.45, 7) is -0.374. The molecule has 1 saturated heterocycles. The third-order valence-electron chi connectivity index (χ3n) is 4.72. The standard InChI is InChI=1S/C21H21FN2O4/c1-23(2)16-9-5-13(6-10-16)18-17(20(27)21(28)24(18)11-12-25)19(26)14-3-7-15(22)8-4-14/h3-10,18,25-26H,11-12H2,1-2H3/b19-17-. The zero-order valence-electron chi connectivity index (χ0n) is 15.6. The van der Waals surface area contributed by atoms with Crippen molar-refractivity contribution in [3.05, 3.63) is 71.0 Å². The van der Waals surface area contributed by atoms with E-state index in [4.69, 9.17) is 0 Å². The number of carbonyl (C=O) groups is 2. The van der Waals surface area contributed by atoms with Crippen LogP contribution >= 0.6 is 0 Å². The Morgan fingerprint density at radius 3 is 2.21 bits per heavy atom. The summed E-state index contributed by atoms with van der Waals surface area (Å²) in [5, 5.41) is 20.1. The molecule has 28 heavy (non-hydrogen) atoms. The molecule has 2 N–H and O–H groups in total. The summed E-state index contributed by atoms with van der Waals surface area (Å²) in [5.74, 6) is -2.48. The highest BCUT2D eigenvalue weighted by Gasteiger charge is 2.45. The molecule has 3 rings (SSSR count). The molecule has 6 nitrogen and oxygen atoms in total. The Morgan fingerprint density at radius 2 is 1.68 bits per heavy atom. The molecular weight excluding hydrogens is 363 g/mol. The number of Topliss-reactive ketones (excluding diaryl/α,β-unsaturated/α-hetero) is 1. The lowest BCUT2D eigenvalue weighted by atomic mass is 9.95. The first-order chi connectivity index (χ1) is 13.3. The van der Waals surface area contributed by atoms with Crippen molar-refractivity contribution in [3.63, 3.8) is 0 Å². The van der Waals surface area contributed by atoms with Crippen LogP contribution in [0, 0.1) is 5.82 Å². The van der Waals surface area contributed by atoms with Crippen LogP contribution in [0.3, 0.4) is 0 Å². The van der Waals surface area contributed by atoms with Gasteiger partial charge >= 0.3 is 0 Å². The highest BCUT2D eigenvalue weighted by Crippen LogP contribution is 2.39. The summed E-state index contributed by atoms with van der Waals surface area (Å²) in [6.07, 6.45) is 0. The summed E-state index contributed by atoms with van der Waals surface area (Å²) in [7, 11) is 3.78. The van der Waals surface area contributed by atoms with Gasteiger partial charge in [0.15, 0.2) is 0 Å². The van der Waals surface area contributed by atoms with Crippen molar-refractivity contribution < 1.29 is 24.2 Å². The highest BCUT2D eigenvalue weighted by atomic mass is 19.1. The van der Waals surface area contributed by atoms with E-state index in [1.165, 1.54) is 29.2 Å². The number of hydrogen-bond acceptors (Lipinski definition) is 5. The minimum atomic E-state index is -0.839. The van der Waals surface area contributed by atoms with Gasteiger partial charge in [0.1, 0.15) is 11.6 Å². The SMILES string of the molecule is CN(C)c1ccc(C2/C(=C(/O)c3ccc(F)cc3)C(=O)C(=O)N2CCO)cc1. The van der Waals surface area contributed by atoms with E-state index >= 15 is 0 Å². The van der Waals surface area contributed by atoms with Crippen molar-refractivity contribution in [1.29, 1.82) is 0 Å². The minimum absolute atomic E-state index is 0.0507. The second kappa shape index (κ2) is 7.82. The fourth-order valence-electron chi connectivity index (χ4n) is 3.28. The van der Waals surface area contributed by atoms with E-state index in [2.05, 4.69) is 0 Å². The number of ketones is 1. The van der Waals surface area contributed by atoms with E-state index in [0.29, 0.717) is 5.56 Å². The number of amides is 1.